The molecule has 2 fully saturated rings. The first kappa shape index (κ1) is 10.2. The Labute approximate surface area is 89.1 Å². The number of hydrogen-bond donors (Lipinski definition) is 1. The van der Waals surface area contributed by atoms with E-state index in [-0.39, 0.29) is 17.2 Å². The van der Waals surface area contributed by atoms with E-state index in [9.17, 15) is 4.79 Å². The van der Waals surface area contributed by atoms with Crippen LogP contribution in [0.25, 0.3) is 0 Å². The van der Waals surface area contributed by atoms with Crippen molar-refractivity contribution in [2.45, 2.75) is 24.6 Å². The fourth-order valence-electron chi connectivity index (χ4n) is 1.71. The molecule has 2 unspecified atom stereocenters. The van der Waals surface area contributed by atoms with E-state index in [1.54, 1.807) is 0 Å². The number of carbonyl (C=O) groups is 1. The maximum atomic E-state index is 11.5. The van der Waals surface area contributed by atoms with Crippen molar-refractivity contribution >= 4 is 17.5 Å². The second-order valence-electron chi connectivity index (χ2n) is 4.16. The highest BCUT2D eigenvalue weighted by molar-refractivity contribution is 6.21. The Hall–Kier alpha value is -0.280. The van der Waals surface area contributed by atoms with Crippen molar-refractivity contribution in [3.8, 4) is 0 Å². The van der Waals surface area contributed by atoms with E-state index in [4.69, 9.17) is 16.3 Å². The molecule has 0 radical (unpaired) electrons. The summed E-state index contributed by atoms with van der Waals surface area (Å²) in [5.74, 6) is 0.795. The zero-order valence-electron chi connectivity index (χ0n) is 8.17. The van der Waals surface area contributed by atoms with Crippen LogP contribution in [0.4, 0.5) is 0 Å². The third kappa shape index (κ3) is 2.61. The van der Waals surface area contributed by atoms with Crippen molar-refractivity contribution in [3.05, 3.63) is 0 Å². The average Bonchev–Trinajstić information content (AvgIpc) is 2.90. The lowest BCUT2D eigenvalue weighted by molar-refractivity contribution is -0.124. The molecule has 1 saturated carbocycles. The Kier molecular flexibility index (Phi) is 3.29. The van der Waals surface area contributed by atoms with Crippen molar-refractivity contribution in [2.24, 2.45) is 11.8 Å². The monoisotopic (exact) mass is 217 g/mol. The summed E-state index contributed by atoms with van der Waals surface area (Å²) >= 11 is 6.08. The molecule has 4 heteroatoms. The van der Waals surface area contributed by atoms with Gasteiger partial charge in [-0.25, -0.2) is 0 Å². The molecule has 80 valence electrons. The van der Waals surface area contributed by atoms with Crippen molar-refractivity contribution in [3.63, 3.8) is 0 Å². The summed E-state index contributed by atoms with van der Waals surface area (Å²) in [6.45, 7) is 1.90. The van der Waals surface area contributed by atoms with Crippen LogP contribution in [0.3, 0.4) is 0 Å². The normalized spacial score (nSPS) is 28.8. The van der Waals surface area contributed by atoms with E-state index in [1.165, 1.54) is 12.8 Å². The van der Waals surface area contributed by atoms with Crippen LogP contribution in [-0.4, -0.2) is 31.0 Å². The molecule has 0 aromatic rings. The minimum absolute atomic E-state index is 0.0538. The first-order valence-electron chi connectivity index (χ1n) is 5.27. The van der Waals surface area contributed by atoms with Crippen molar-refractivity contribution in [1.82, 2.24) is 5.32 Å². The summed E-state index contributed by atoms with van der Waals surface area (Å²) in [4.78, 5) is 11.5. The number of ether oxygens (including phenoxy) is 1. The van der Waals surface area contributed by atoms with E-state index in [0.29, 0.717) is 25.7 Å². The molecule has 1 aliphatic carbocycles. The fourth-order valence-corrected chi connectivity index (χ4v) is 2.04. The molecule has 14 heavy (non-hydrogen) atoms. The van der Waals surface area contributed by atoms with Gasteiger partial charge < -0.3 is 10.1 Å². The molecule has 1 N–H and O–H groups in total. The molecule has 3 nitrogen and oxygen atoms in total. The van der Waals surface area contributed by atoms with Gasteiger partial charge in [0.2, 0.25) is 5.91 Å². The number of rotatable bonds is 4. The summed E-state index contributed by atoms with van der Waals surface area (Å²) in [5.41, 5.74) is 0. The molecule has 1 heterocycles. The lowest BCUT2D eigenvalue weighted by atomic mass is 10.1. The van der Waals surface area contributed by atoms with E-state index >= 15 is 0 Å². The predicted octanol–water partition coefficient (Wildman–Crippen LogP) is 1.16. The van der Waals surface area contributed by atoms with Crippen LogP contribution in [-0.2, 0) is 9.53 Å². The Balaban J connectivity index is 1.66. The van der Waals surface area contributed by atoms with Gasteiger partial charge in [0.05, 0.1) is 17.9 Å². The van der Waals surface area contributed by atoms with E-state index < -0.39 is 0 Å². The molecule has 0 aromatic heterocycles. The molecule has 1 amide bonds. The third-order valence-corrected chi connectivity index (χ3v) is 3.42. The lowest BCUT2D eigenvalue weighted by Gasteiger charge is -2.12. The highest BCUT2D eigenvalue weighted by Crippen LogP contribution is 2.35. The Bertz CT molecular complexity index is 212. The Morgan fingerprint density at radius 2 is 2.29 bits per heavy atom. The van der Waals surface area contributed by atoms with Crippen LogP contribution in [0.2, 0.25) is 0 Å². The van der Waals surface area contributed by atoms with Gasteiger partial charge in [0, 0.05) is 13.2 Å². The van der Waals surface area contributed by atoms with Crippen molar-refractivity contribution in [2.75, 3.05) is 19.8 Å². The summed E-state index contributed by atoms with van der Waals surface area (Å²) in [6.07, 6.45) is 3.29. The molecular weight excluding hydrogens is 202 g/mol. The molecule has 0 aromatic carbocycles. The predicted molar refractivity (Wildman–Crippen MR) is 54.3 cm³/mol. The summed E-state index contributed by atoms with van der Waals surface area (Å²) in [7, 11) is 0. The zero-order chi connectivity index (χ0) is 9.97. The summed E-state index contributed by atoms with van der Waals surface area (Å²) in [6, 6.07) is 0. The number of alkyl halides is 1. The van der Waals surface area contributed by atoms with Gasteiger partial charge in [-0.1, -0.05) is 0 Å². The Morgan fingerprint density at radius 3 is 2.86 bits per heavy atom. The quantitative estimate of drug-likeness (QED) is 0.718. The molecule has 2 aliphatic rings. The molecule has 2 atom stereocenters. The van der Waals surface area contributed by atoms with Crippen molar-refractivity contribution in [1.29, 1.82) is 0 Å². The minimum Gasteiger partial charge on any atom is -0.381 e. The topological polar surface area (TPSA) is 38.3 Å². The number of hydrogen-bond acceptors (Lipinski definition) is 2. The number of amides is 1. The molecule has 2 rings (SSSR count). The average molecular weight is 218 g/mol. The number of carbonyl (C=O) groups excluding carboxylic acids is 1. The minimum atomic E-state index is 0.0538. The molecule has 0 bridgehead atoms. The first-order valence-corrected chi connectivity index (χ1v) is 5.70. The molecular formula is C10H16ClNO2. The first-order chi connectivity index (χ1) is 6.77. The van der Waals surface area contributed by atoms with Gasteiger partial charge in [-0.15, -0.1) is 11.6 Å². The molecule has 1 saturated heterocycles. The zero-order valence-corrected chi connectivity index (χ0v) is 8.93. The maximum Gasteiger partial charge on any atom is 0.225 e. The molecule has 1 aliphatic heterocycles. The van der Waals surface area contributed by atoms with Crippen LogP contribution in [0.1, 0.15) is 19.3 Å². The standard InChI is InChI=1S/C10H16ClNO2/c11-9(7-1-2-7)5-12-10(13)8-3-4-14-6-8/h7-9H,1-6H2,(H,12,13). The van der Waals surface area contributed by atoms with E-state index in [1.807, 2.05) is 0 Å². The van der Waals surface area contributed by atoms with Crippen LogP contribution >= 0.6 is 11.6 Å². The van der Waals surface area contributed by atoms with Crippen LogP contribution in [0.15, 0.2) is 0 Å². The van der Waals surface area contributed by atoms with E-state index in [0.717, 1.165) is 6.42 Å². The summed E-state index contributed by atoms with van der Waals surface area (Å²) < 4.78 is 5.15. The highest BCUT2D eigenvalue weighted by atomic mass is 35.5. The fraction of sp³-hybridized carbons (Fsp3) is 0.900. The van der Waals surface area contributed by atoms with Crippen LogP contribution in [0, 0.1) is 11.8 Å². The van der Waals surface area contributed by atoms with Gasteiger partial charge in [0.15, 0.2) is 0 Å². The SMILES string of the molecule is O=C(NCC(Cl)C1CC1)C1CCOC1. The smallest absolute Gasteiger partial charge is 0.225 e. The number of nitrogens with one attached hydrogen (secondary N) is 1. The van der Waals surface area contributed by atoms with Crippen LogP contribution < -0.4 is 5.32 Å². The van der Waals surface area contributed by atoms with Gasteiger partial charge in [-0.05, 0) is 25.2 Å². The largest absolute Gasteiger partial charge is 0.381 e. The van der Waals surface area contributed by atoms with Gasteiger partial charge in [-0.2, -0.15) is 0 Å². The van der Waals surface area contributed by atoms with Gasteiger partial charge >= 0.3 is 0 Å². The molecule has 0 spiro atoms. The van der Waals surface area contributed by atoms with Gasteiger partial charge in [-0.3, -0.25) is 4.79 Å². The number of halogens is 1. The Morgan fingerprint density at radius 1 is 1.50 bits per heavy atom. The van der Waals surface area contributed by atoms with E-state index in [2.05, 4.69) is 5.32 Å². The second kappa shape index (κ2) is 4.49. The van der Waals surface area contributed by atoms with Gasteiger partial charge in [0.25, 0.3) is 0 Å². The second-order valence-corrected chi connectivity index (χ2v) is 4.72. The van der Waals surface area contributed by atoms with Crippen LogP contribution in [0.5, 0.6) is 0 Å². The summed E-state index contributed by atoms with van der Waals surface area (Å²) in [5, 5.41) is 3.02. The van der Waals surface area contributed by atoms with Crippen molar-refractivity contribution < 1.29 is 9.53 Å². The van der Waals surface area contributed by atoms with Gasteiger partial charge in [0.1, 0.15) is 0 Å². The highest BCUT2D eigenvalue weighted by Gasteiger charge is 2.30. The third-order valence-electron chi connectivity index (χ3n) is 2.91. The lowest BCUT2D eigenvalue weighted by Crippen LogP contribution is -2.35. The maximum absolute atomic E-state index is 11.5.